The van der Waals surface area contributed by atoms with E-state index in [0.717, 1.165) is 5.92 Å². The fourth-order valence-electron chi connectivity index (χ4n) is 1.84. The number of nitrogens with one attached hydrogen (secondary N) is 2. The largest absolute Gasteiger partial charge is 0.365 e. The molecule has 1 fully saturated rings. The molecule has 0 aromatic carbocycles. The van der Waals surface area contributed by atoms with Crippen molar-refractivity contribution in [2.75, 3.05) is 13.1 Å². The highest BCUT2D eigenvalue weighted by Crippen LogP contribution is 2.14. The maximum absolute atomic E-state index is 3.39. The van der Waals surface area contributed by atoms with Gasteiger partial charge in [0, 0.05) is 11.9 Å². The Bertz CT molecular complexity index is 210. The van der Waals surface area contributed by atoms with Crippen LogP contribution < -0.4 is 5.32 Å². The van der Waals surface area contributed by atoms with Crippen LogP contribution in [0.4, 0.5) is 0 Å². The third-order valence-corrected chi connectivity index (χ3v) is 2.65. The fraction of sp³-hybridized carbons (Fsp3) is 0.600. The number of hydrogen-bond acceptors (Lipinski definition) is 1. The number of H-pyrrole nitrogens is 1. The zero-order chi connectivity index (χ0) is 8.23. The highest BCUT2D eigenvalue weighted by Gasteiger charge is 2.13. The first-order chi connectivity index (χ1) is 5.95. The van der Waals surface area contributed by atoms with Crippen LogP contribution in [-0.4, -0.2) is 18.1 Å². The van der Waals surface area contributed by atoms with E-state index in [4.69, 9.17) is 0 Å². The van der Waals surface area contributed by atoms with Crippen LogP contribution in [0, 0.1) is 5.92 Å². The number of aromatic amines is 1. The average molecular weight is 164 g/mol. The van der Waals surface area contributed by atoms with Crippen LogP contribution in [-0.2, 0) is 6.42 Å². The van der Waals surface area contributed by atoms with E-state index in [1.165, 1.54) is 38.0 Å². The van der Waals surface area contributed by atoms with Gasteiger partial charge in [0.25, 0.3) is 0 Å². The molecule has 1 unspecified atom stereocenters. The number of rotatable bonds is 3. The Morgan fingerprint density at radius 3 is 3.17 bits per heavy atom. The van der Waals surface area contributed by atoms with Crippen molar-refractivity contribution in [2.45, 2.75) is 19.3 Å². The van der Waals surface area contributed by atoms with Crippen LogP contribution in [0.25, 0.3) is 0 Å². The van der Waals surface area contributed by atoms with E-state index in [9.17, 15) is 0 Å². The molecule has 1 aromatic rings. The molecule has 2 nitrogen and oxygen atoms in total. The first kappa shape index (κ1) is 7.87. The molecule has 0 bridgehead atoms. The molecule has 0 spiro atoms. The van der Waals surface area contributed by atoms with E-state index >= 15 is 0 Å². The van der Waals surface area contributed by atoms with E-state index in [1.807, 2.05) is 6.20 Å². The lowest BCUT2D eigenvalue weighted by Gasteiger charge is -2.05. The lowest BCUT2D eigenvalue weighted by molar-refractivity contribution is 0.530. The summed E-state index contributed by atoms with van der Waals surface area (Å²) >= 11 is 0. The molecule has 12 heavy (non-hydrogen) atoms. The van der Waals surface area contributed by atoms with Crippen molar-refractivity contribution >= 4 is 0 Å². The molecule has 1 saturated heterocycles. The van der Waals surface area contributed by atoms with Crippen LogP contribution in [0.5, 0.6) is 0 Å². The molecular formula is C10H16N2. The average Bonchev–Trinajstić information content (AvgIpc) is 2.74. The molecule has 2 N–H and O–H groups in total. The quantitative estimate of drug-likeness (QED) is 0.697. The second-order valence-electron chi connectivity index (χ2n) is 3.59. The van der Waals surface area contributed by atoms with Gasteiger partial charge in [0.1, 0.15) is 0 Å². The number of hydrogen-bond donors (Lipinski definition) is 2. The van der Waals surface area contributed by atoms with Gasteiger partial charge in [-0.25, -0.2) is 0 Å². The molecule has 0 radical (unpaired) electrons. The van der Waals surface area contributed by atoms with Gasteiger partial charge in [-0.05, 0) is 50.4 Å². The molecule has 0 amide bonds. The maximum atomic E-state index is 3.39. The maximum Gasteiger partial charge on any atom is 0.0147 e. The third kappa shape index (κ3) is 1.89. The fourth-order valence-corrected chi connectivity index (χ4v) is 1.84. The summed E-state index contributed by atoms with van der Waals surface area (Å²) in [6.45, 7) is 2.44. The van der Waals surface area contributed by atoms with Gasteiger partial charge >= 0.3 is 0 Å². The molecule has 2 heterocycles. The minimum absolute atomic E-state index is 0.910. The van der Waals surface area contributed by atoms with Gasteiger partial charge in [-0.1, -0.05) is 0 Å². The van der Waals surface area contributed by atoms with Crippen molar-refractivity contribution in [2.24, 2.45) is 5.92 Å². The van der Waals surface area contributed by atoms with Crippen molar-refractivity contribution in [1.29, 1.82) is 0 Å². The molecular weight excluding hydrogens is 148 g/mol. The SMILES string of the molecule is c1c[nH]c(CCC2CCNC2)c1. The van der Waals surface area contributed by atoms with Crippen molar-refractivity contribution in [3.63, 3.8) is 0 Å². The van der Waals surface area contributed by atoms with Gasteiger partial charge < -0.3 is 10.3 Å². The van der Waals surface area contributed by atoms with Crippen molar-refractivity contribution in [3.05, 3.63) is 24.0 Å². The Labute approximate surface area is 73.4 Å². The summed E-state index contributed by atoms with van der Waals surface area (Å²) in [5.41, 5.74) is 1.38. The molecule has 1 aliphatic heterocycles. The second-order valence-corrected chi connectivity index (χ2v) is 3.59. The van der Waals surface area contributed by atoms with Crippen molar-refractivity contribution in [1.82, 2.24) is 10.3 Å². The van der Waals surface area contributed by atoms with Crippen molar-refractivity contribution < 1.29 is 0 Å². The van der Waals surface area contributed by atoms with Gasteiger partial charge in [0.05, 0.1) is 0 Å². The van der Waals surface area contributed by atoms with Gasteiger partial charge in [-0.2, -0.15) is 0 Å². The van der Waals surface area contributed by atoms with Gasteiger partial charge in [0.2, 0.25) is 0 Å². The van der Waals surface area contributed by atoms with E-state index in [2.05, 4.69) is 22.4 Å². The van der Waals surface area contributed by atoms with Crippen LogP contribution in [0.3, 0.4) is 0 Å². The van der Waals surface area contributed by atoms with E-state index in [0.29, 0.717) is 0 Å². The molecule has 1 atom stereocenters. The Morgan fingerprint density at radius 1 is 1.50 bits per heavy atom. The first-order valence-corrected chi connectivity index (χ1v) is 4.78. The minimum Gasteiger partial charge on any atom is -0.365 e. The summed E-state index contributed by atoms with van der Waals surface area (Å²) in [7, 11) is 0. The molecule has 0 saturated carbocycles. The third-order valence-electron chi connectivity index (χ3n) is 2.65. The lowest BCUT2D eigenvalue weighted by atomic mass is 10.0. The summed E-state index contributed by atoms with van der Waals surface area (Å²) in [5.74, 6) is 0.910. The predicted molar refractivity (Wildman–Crippen MR) is 50.1 cm³/mol. The van der Waals surface area contributed by atoms with E-state index < -0.39 is 0 Å². The number of aryl methyl sites for hydroxylation is 1. The zero-order valence-electron chi connectivity index (χ0n) is 7.34. The molecule has 0 aliphatic carbocycles. The Balaban J connectivity index is 1.74. The molecule has 1 aliphatic rings. The summed E-state index contributed by atoms with van der Waals surface area (Å²) in [6, 6.07) is 4.24. The lowest BCUT2D eigenvalue weighted by Crippen LogP contribution is -2.09. The molecule has 1 aromatic heterocycles. The minimum atomic E-state index is 0.910. The van der Waals surface area contributed by atoms with Crippen LogP contribution >= 0.6 is 0 Å². The number of aromatic nitrogens is 1. The highest BCUT2D eigenvalue weighted by molar-refractivity contribution is 5.03. The van der Waals surface area contributed by atoms with Gasteiger partial charge in [0.15, 0.2) is 0 Å². The van der Waals surface area contributed by atoms with E-state index in [-0.39, 0.29) is 0 Å². The topological polar surface area (TPSA) is 27.8 Å². The van der Waals surface area contributed by atoms with E-state index in [1.54, 1.807) is 0 Å². The standard InChI is InChI=1S/C10H16N2/c1-2-10(12-6-1)4-3-9-5-7-11-8-9/h1-2,6,9,11-12H,3-5,7-8H2. The Hall–Kier alpha value is -0.760. The van der Waals surface area contributed by atoms with Gasteiger partial charge in [-0.15, -0.1) is 0 Å². The van der Waals surface area contributed by atoms with Crippen LogP contribution in [0.15, 0.2) is 18.3 Å². The Morgan fingerprint density at radius 2 is 2.50 bits per heavy atom. The Kier molecular flexibility index (Phi) is 2.47. The monoisotopic (exact) mass is 164 g/mol. The highest BCUT2D eigenvalue weighted by atomic mass is 14.9. The first-order valence-electron chi connectivity index (χ1n) is 4.78. The predicted octanol–water partition coefficient (Wildman–Crippen LogP) is 1.56. The van der Waals surface area contributed by atoms with Gasteiger partial charge in [-0.3, -0.25) is 0 Å². The normalized spacial score (nSPS) is 23.2. The molecule has 66 valence electrons. The summed E-state index contributed by atoms with van der Waals surface area (Å²) < 4.78 is 0. The molecule has 2 rings (SSSR count). The van der Waals surface area contributed by atoms with Crippen LogP contribution in [0.2, 0.25) is 0 Å². The molecule has 2 heteroatoms. The van der Waals surface area contributed by atoms with Crippen molar-refractivity contribution in [3.8, 4) is 0 Å². The summed E-state index contributed by atoms with van der Waals surface area (Å²) in [4.78, 5) is 3.24. The zero-order valence-corrected chi connectivity index (χ0v) is 7.34. The summed E-state index contributed by atoms with van der Waals surface area (Å²) in [5, 5.41) is 3.39. The summed E-state index contributed by atoms with van der Waals surface area (Å²) in [6.07, 6.45) is 5.90. The second kappa shape index (κ2) is 3.76. The van der Waals surface area contributed by atoms with Crippen LogP contribution in [0.1, 0.15) is 18.5 Å². The smallest absolute Gasteiger partial charge is 0.0147 e.